The van der Waals surface area contributed by atoms with Gasteiger partial charge in [-0.25, -0.2) is 0 Å². The highest BCUT2D eigenvalue weighted by atomic mass is 32.1. The van der Waals surface area contributed by atoms with Crippen LogP contribution in [0.2, 0.25) is 0 Å². The highest BCUT2D eigenvalue weighted by molar-refractivity contribution is 7.09. The summed E-state index contributed by atoms with van der Waals surface area (Å²) in [6.45, 7) is 5.42. The van der Waals surface area contributed by atoms with Gasteiger partial charge in [-0.1, -0.05) is 24.3 Å². The van der Waals surface area contributed by atoms with Crippen molar-refractivity contribution in [3.63, 3.8) is 0 Å². The molecular formula is C22H26N4O2S. The number of hydrogen-bond acceptors (Lipinski definition) is 4. The second kappa shape index (κ2) is 8.80. The number of carbonyl (C=O) groups excluding carboxylic acids is 2. The summed E-state index contributed by atoms with van der Waals surface area (Å²) < 4.78 is 2.21. The Hall–Kier alpha value is -2.64. The van der Waals surface area contributed by atoms with E-state index < -0.39 is 6.04 Å². The summed E-state index contributed by atoms with van der Waals surface area (Å²) in [5, 5.41) is 9.13. The fraction of sp³-hybridized carbons (Fsp3) is 0.364. The third kappa shape index (κ3) is 4.52. The maximum Gasteiger partial charge on any atom is 0.237 e. The van der Waals surface area contributed by atoms with Crippen LogP contribution in [0.3, 0.4) is 0 Å². The zero-order valence-electron chi connectivity index (χ0n) is 16.6. The molecule has 1 aromatic carbocycles. The molecule has 6 nitrogen and oxygen atoms in total. The van der Waals surface area contributed by atoms with Gasteiger partial charge in [0.15, 0.2) is 0 Å². The molecule has 0 radical (unpaired) electrons. The molecule has 4 rings (SSSR count). The van der Waals surface area contributed by atoms with Gasteiger partial charge in [0.25, 0.3) is 0 Å². The van der Waals surface area contributed by atoms with E-state index >= 15 is 0 Å². The molecule has 2 N–H and O–H groups in total. The second-order valence-corrected chi connectivity index (χ2v) is 8.44. The first kappa shape index (κ1) is 19.7. The van der Waals surface area contributed by atoms with Gasteiger partial charge in [0.2, 0.25) is 11.8 Å². The van der Waals surface area contributed by atoms with E-state index in [9.17, 15) is 9.59 Å². The van der Waals surface area contributed by atoms with Crippen LogP contribution in [0.1, 0.15) is 17.0 Å². The summed E-state index contributed by atoms with van der Waals surface area (Å²) >= 11 is 1.68. The average molecular weight is 411 g/mol. The van der Waals surface area contributed by atoms with E-state index in [0.717, 1.165) is 6.54 Å². The number of piperazine rings is 1. The Balaban J connectivity index is 1.34. The van der Waals surface area contributed by atoms with E-state index in [4.69, 9.17) is 0 Å². The molecule has 1 saturated heterocycles. The lowest BCUT2D eigenvalue weighted by molar-refractivity contribution is -0.134. The molecule has 1 aliphatic rings. The minimum absolute atomic E-state index is 0.0600. The summed E-state index contributed by atoms with van der Waals surface area (Å²) in [5.74, 6) is -0.146. The zero-order valence-corrected chi connectivity index (χ0v) is 17.4. The standard InChI is InChI=1S/C22H26N4O2S/c1-16-13-17-5-2-3-7-19(17)26(16)11-9-23-21(27)14-20-22(28)24-8-10-25(20)15-18-6-4-12-29-18/h2-7,12-13,20H,8-11,14-15H2,1H3,(H,23,27)(H,24,28). The number of amides is 2. The fourth-order valence-corrected chi connectivity index (χ4v) is 4.71. The number of aromatic nitrogens is 1. The molecule has 29 heavy (non-hydrogen) atoms. The second-order valence-electron chi connectivity index (χ2n) is 7.41. The minimum Gasteiger partial charge on any atom is -0.354 e. The number of nitrogens with one attached hydrogen (secondary N) is 2. The van der Waals surface area contributed by atoms with Crippen molar-refractivity contribution < 1.29 is 9.59 Å². The third-order valence-electron chi connectivity index (χ3n) is 5.43. The van der Waals surface area contributed by atoms with E-state index in [1.54, 1.807) is 11.3 Å². The van der Waals surface area contributed by atoms with Crippen LogP contribution in [0.4, 0.5) is 0 Å². The van der Waals surface area contributed by atoms with Crippen LogP contribution in [-0.4, -0.2) is 47.0 Å². The fourth-order valence-electron chi connectivity index (χ4n) is 3.98. The lowest BCUT2D eigenvalue weighted by atomic mass is 10.1. The summed E-state index contributed by atoms with van der Waals surface area (Å²) in [7, 11) is 0. The summed E-state index contributed by atoms with van der Waals surface area (Å²) in [6, 6.07) is 14.1. The van der Waals surface area contributed by atoms with Crippen LogP contribution in [0.5, 0.6) is 0 Å². The molecule has 0 bridgehead atoms. The largest absolute Gasteiger partial charge is 0.354 e. The van der Waals surface area contributed by atoms with Crippen molar-refractivity contribution in [3.05, 3.63) is 58.4 Å². The van der Waals surface area contributed by atoms with Gasteiger partial charge in [0, 0.05) is 48.8 Å². The van der Waals surface area contributed by atoms with Crippen LogP contribution < -0.4 is 10.6 Å². The van der Waals surface area contributed by atoms with Crippen LogP contribution in [-0.2, 0) is 22.7 Å². The van der Waals surface area contributed by atoms with E-state index in [2.05, 4.69) is 51.3 Å². The molecule has 0 aliphatic carbocycles. The van der Waals surface area contributed by atoms with Crippen molar-refractivity contribution in [2.75, 3.05) is 19.6 Å². The van der Waals surface area contributed by atoms with Gasteiger partial charge in [0.1, 0.15) is 0 Å². The van der Waals surface area contributed by atoms with Crippen LogP contribution >= 0.6 is 11.3 Å². The topological polar surface area (TPSA) is 66.4 Å². The Bertz CT molecular complexity index is 996. The predicted octanol–water partition coefficient (Wildman–Crippen LogP) is 2.52. The van der Waals surface area contributed by atoms with Gasteiger partial charge in [-0.15, -0.1) is 11.3 Å². The van der Waals surface area contributed by atoms with Crippen LogP contribution in [0.25, 0.3) is 10.9 Å². The molecule has 0 saturated carbocycles. The van der Waals surface area contributed by atoms with Crippen molar-refractivity contribution in [2.24, 2.45) is 0 Å². The van der Waals surface area contributed by atoms with Crippen molar-refractivity contribution >= 4 is 34.1 Å². The van der Waals surface area contributed by atoms with Crippen molar-refractivity contribution in [3.8, 4) is 0 Å². The number of hydrogen-bond donors (Lipinski definition) is 2. The van der Waals surface area contributed by atoms with Gasteiger partial charge in [-0.2, -0.15) is 0 Å². The first-order valence-electron chi connectivity index (χ1n) is 9.97. The van der Waals surface area contributed by atoms with Gasteiger partial charge < -0.3 is 15.2 Å². The first-order valence-corrected chi connectivity index (χ1v) is 10.9. The van der Waals surface area contributed by atoms with E-state index in [-0.39, 0.29) is 18.2 Å². The maximum atomic E-state index is 12.6. The molecule has 1 atom stereocenters. The first-order chi connectivity index (χ1) is 14.1. The quantitative estimate of drug-likeness (QED) is 0.629. The Morgan fingerprint density at radius 2 is 2.14 bits per heavy atom. The molecule has 1 unspecified atom stereocenters. The number of aryl methyl sites for hydroxylation is 1. The maximum absolute atomic E-state index is 12.6. The van der Waals surface area contributed by atoms with Gasteiger partial charge >= 0.3 is 0 Å². The Kier molecular flexibility index (Phi) is 5.97. The monoisotopic (exact) mass is 410 g/mol. The number of para-hydroxylation sites is 1. The highest BCUT2D eigenvalue weighted by Crippen LogP contribution is 2.19. The zero-order chi connectivity index (χ0) is 20.2. The van der Waals surface area contributed by atoms with Gasteiger partial charge in [0.05, 0.1) is 12.5 Å². The summed E-state index contributed by atoms with van der Waals surface area (Å²) in [5.41, 5.74) is 2.35. The summed E-state index contributed by atoms with van der Waals surface area (Å²) in [6.07, 6.45) is 0.183. The number of carbonyl (C=O) groups is 2. The third-order valence-corrected chi connectivity index (χ3v) is 6.30. The van der Waals surface area contributed by atoms with Crippen molar-refractivity contribution in [1.29, 1.82) is 0 Å². The molecule has 7 heteroatoms. The highest BCUT2D eigenvalue weighted by Gasteiger charge is 2.31. The molecule has 3 heterocycles. The minimum atomic E-state index is -0.417. The molecule has 0 spiro atoms. The number of nitrogens with zero attached hydrogens (tertiary/aromatic N) is 2. The Morgan fingerprint density at radius 1 is 1.28 bits per heavy atom. The number of benzene rings is 1. The van der Waals surface area contributed by atoms with Crippen LogP contribution in [0, 0.1) is 6.92 Å². The average Bonchev–Trinajstić information content (AvgIpc) is 3.32. The SMILES string of the molecule is Cc1cc2ccccc2n1CCNC(=O)CC1C(=O)NCCN1Cc1cccs1. The summed E-state index contributed by atoms with van der Waals surface area (Å²) in [4.78, 5) is 28.3. The smallest absolute Gasteiger partial charge is 0.237 e. The number of fused-ring (bicyclic) bond motifs is 1. The van der Waals surface area contributed by atoms with E-state index in [0.29, 0.717) is 26.2 Å². The van der Waals surface area contributed by atoms with Gasteiger partial charge in [-0.3, -0.25) is 14.5 Å². The molecule has 2 amide bonds. The van der Waals surface area contributed by atoms with Crippen molar-refractivity contribution in [1.82, 2.24) is 20.1 Å². The van der Waals surface area contributed by atoms with Gasteiger partial charge in [-0.05, 0) is 35.9 Å². The predicted molar refractivity (Wildman–Crippen MR) is 116 cm³/mol. The van der Waals surface area contributed by atoms with E-state index in [1.807, 2.05) is 23.6 Å². The Morgan fingerprint density at radius 3 is 2.97 bits per heavy atom. The molecular weight excluding hydrogens is 384 g/mol. The molecule has 1 aliphatic heterocycles. The van der Waals surface area contributed by atoms with Crippen LogP contribution in [0.15, 0.2) is 47.8 Å². The number of rotatable bonds is 7. The van der Waals surface area contributed by atoms with E-state index in [1.165, 1.54) is 21.5 Å². The lowest BCUT2D eigenvalue weighted by Gasteiger charge is -2.34. The molecule has 3 aromatic rings. The number of thiophene rings is 1. The van der Waals surface area contributed by atoms with Crippen molar-refractivity contribution in [2.45, 2.75) is 32.5 Å². The lowest BCUT2D eigenvalue weighted by Crippen LogP contribution is -2.56. The molecule has 152 valence electrons. The molecule has 2 aromatic heterocycles. The Labute approximate surface area is 174 Å². The molecule has 1 fully saturated rings. The normalized spacial score (nSPS) is 17.4.